The molecule has 2 aromatic rings. The minimum atomic E-state index is 0.0471. The number of nitrogen functional groups attached to an aromatic ring is 1. The molecule has 6 heteroatoms. The fourth-order valence-corrected chi connectivity index (χ4v) is 1.93. The largest absolute Gasteiger partial charge is 0.399 e. The van der Waals surface area contributed by atoms with Crippen LogP contribution >= 0.6 is 0 Å². The first-order valence-electron chi connectivity index (χ1n) is 6.70. The van der Waals surface area contributed by atoms with Gasteiger partial charge in [0.25, 0.3) is 0 Å². The number of hydrogen-bond donors (Lipinski definition) is 3. The van der Waals surface area contributed by atoms with Crippen molar-refractivity contribution in [3.8, 4) is 0 Å². The molecule has 0 aliphatic heterocycles. The molecule has 1 aromatic carbocycles. The maximum absolute atomic E-state index is 11.7. The molecular weight excluding hydrogens is 254 g/mol. The Balaban J connectivity index is 1.62. The number of anilines is 1. The SMILES string of the molecule is Nc1ccccc1CCC(=O)NCCCc1ncn[nH]1. The zero-order valence-corrected chi connectivity index (χ0v) is 11.3. The van der Waals surface area contributed by atoms with Crippen molar-refractivity contribution >= 4 is 11.6 Å². The van der Waals surface area contributed by atoms with E-state index in [0.717, 1.165) is 29.9 Å². The van der Waals surface area contributed by atoms with E-state index < -0.39 is 0 Å². The zero-order valence-electron chi connectivity index (χ0n) is 11.3. The molecule has 0 spiro atoms. The van der Waals surface area contributed by atoms with E-state index in [0.29, 0.717) is 19.4 Å². The Labute approximate surface area is 117 Å². The summed E-state index contributed by atoms with van der Waals surface area (Å²) in [7, 11) is 0. The van der Waals surface area contributed by atoms with Crippen molar-refractivity contribution in [1.29, 1.82) is 0 Å². The van der Waals surface area contributed by atoms with Gasteiger partial charge in [-0.05, 0) is 24.5 Å². The topological polar surface area (TPSA) is 96.7 Å². The first kappa shape index (κ1) is 14.0. The van der Waals surface area contributed by atoms with Crippen molar-refractivity contribution in [3.05, 3.63) is 42.0 Å². The highest BCUT2D eigenvalue weighted by molar-refractivity contribution is 5.76. The molecule has 0 aliphatic carbocycles. The average Bonchev–Trinajstić information content (AvgIpc) is 2.96. The molecule has 0 bridgehead atoms. The molecule has 4 N–H and O–H groups in total. The number of amides is 1. The first-order valence-corrected chi connectivity index (χ1v) is 6.70. The first-order chi connectivity index (χ1) is 9.75. The summed E-state index contributed by atoms with van der Waals surface area (Å²) in [5, 5.41) is 9.46. The lowest BCUT2D eigenvalue weighted by Crippen LogP contribution is -2.25. The number of rotatable bonds is 7. The van der Waals surface area contributed by atoms with E-state index in [1.54, 1.807) is 0 Å². The number of nitrogens with two attached hydrogens (primary N) is 1. The van der Waals surface area contributed by atoms with Gasteiger partial charge in [0.1, 0.15) is 12.2 Å². The van der Waals surface area contributed by atoms with Gasteiger partial charge in [0, 0.05) is 25.1 Å². The van der Waals surface area contributed by atoms with E-state index in [9.17, 15) is 4.79 Å². The molecule has 0 atom stereocenters. The molecule has 2 rings (SSSR count). The van der Waals surface area contributed by atoms with E-state index in [4.69, 9.17) is 5.73 Å². The third-order valence-corrected chi connectivity index (χ3v) is 3.05. The maximum atomic E-state index is 11.7. The fourth-order valence-electron chi connectivity index (χ4n) is 1.93. The number of aromatic nitrogens is 3. The lowest BCUT2D eigenvalue weighted by atomic mass is 10.1. The van der Waals surface area contributed by atoms with Crippen LogP contribution in [0.2, 0.25) is 0 Å². The number of nitrogens with zero attached hydrogens (tertiary/aromatic N) is 2. The Bertz CT molecular complexity index is 538. The second-order valence-electron chi connectivity index (χ2n) is 4.58. The molecule has 0 saturated carbocycles. The molecule has 20 heavy (non-hydrogen) atoms. The number of aromatic amines is 1. The number of aryl methyl sites for hydroxylation is 2. The quantitative estimate of drug-likeness (QED) is 0.519. The Morgan fingerprint density at radius 3 is 2.90 bits per heavy atom. The van der Waals surface area contributed by atoms with Gasteiger partial charge in [0.05, 0.1) is 0 Å². The minimum absolute atomic E-state index is 0.0471. The van der Waals surface area contributed by atoms with E-state index >= 15 is 0 Å². The van der Waals surface area contributed by atoms with Crippen molar-refractivity contribution in [2.45, 2.75) is 25.7 Å². The molecule has 0 fully saturated rings. The van der Waals surface area contributed by atoms with Crippen molar-refractivity contribution < 1.29 is 4.79 Å². The van der Waals surface area contributed by atoms with Crippen LogP contribution in [0.15, 0.2) is 30.6 Å². The lowest BCUT2D eigenvalue weighted by molar-refractivity contribution is -0.121. The molecule has 1 aromatic heterocycles. The van der Waals surface area contributed by atoms with Crippen LogP contribution in [0.5, 0.6) is 0 Å². The van der Waals surface area contributed by atoms with Crippen molar-refractivity contribution in [1.82, 2.24) is 20.5 Å². The van der Waals surface area contributed by atoms with Crippen LogP contribution in [-0.4, -0.2) is 27.6 Å². The van der Waals surface area contributed by atoms with Gasteiger partial charge in [-0.15, -0.1) is 0 Å². The van der Waals surface area contributed by atoms with Crippen LogP contribution in [0.25, 0.3) is 0 Å². The van der Waals surface area contributed by atoms with Gasteiger partial charge >= 0.3 is 0 Å². The number of benzene rings is 1. The summed E-state index contributed by atoms with van der Waals surface area (Å²) in [6.07, 6.45) is 4.23. The van der Waals surface area contributed by atoms with Gasteiger partial charge in [-0.25, -0.2) is 4.98 Å². The number of H-pyrrole nitrogens is 1. The summed E-state index contributed by atoms with van der Waals surface area (Å²) in [5.74, 6) is 0.891. The van der Waals surface area contributed by atoms with Gasteiger partial charge in [0.2, 0.25) is 5.91 Å². The van der Waals surface area contributed by atoms with Crippen molar-refractivity contribution in [2.24, 2.45) is 0 Å². The summed E-state index contributed by atoms with van der Waals surface area (Å²) >= 11 is 0. The molecular formula is C14H19N5O. The average molecular weight is 273 g/mol. The number of hydrogen-bond acceptors (Lipinski definition) is 4. The standard InChI is InChI=1S/C14H19N5O/c15-12-5-2-1-4-11(12)7-8-14(20)16-9-3-6-13-17-10-18-19-13/h1-2,4-5,10H,3,6-9,15H2,(H,16,20)(H,17,18,19). The molecule has 1 amide bonds. The van der Waals surface area contributed by atoms with E-state index in [2.05, 4.69) is 20.5 Å². The summed E-state index contributed by atoms with van der Waals surface area (Å²) in [6, 6.07) is 7.63. The molecule has 0 unspecified atom stereocenters. The van der Waals surface area contributed by atoms with Crippen LogP contribution < -0.4 is 11.1 Å². The molecule has 0 radical (unpaired) electrons. The third kappa shape index (κ3) is 4.38. The number of nitrogens with one attached hydrogen (secondary N) is 2. The normalized spacial score (nSPS) is 10.4. The Kier molecular flexibility index (Phi) is 5.11. The van der Waals surface area contributed by atoms with Gasteiger partial charge in [-0.1, -0.05) is 18.2 Å². The predicted octanol–water partition coefficient (Wildman–Crippen LogP) is 1.07. The highest BCUT2D eigenvalue weighted by Gasteiger charge is 2.04. The Morgan fingerprint density at radius 1 is 1.30 bits per heavy atom. The van der Waals surface area contributed by atoms with Crippen LogP contribution in [-0.2, 0) is 17.6 Å². The predicted molar refractivity (Wildman–Crippen MR) is 76.9 cm³/mol. The second kappa shape index (κ2) is 7.28. The van der Waals surface area contributed by atoms with Crippen LogP contribution in [0.4, 0.5) is 5.69 Å². The Hall–Kier alpha value is -2.37. The molecule has 0 aliphatic rings. The van der Waals surface area contributed by atoms with Gasteiger partial charge < -0.3 is 11.1 Å². The number of carbonyl (C=O) groups excluding carboxylic acids is 1. The fraction of sp³-hybridized carbons (Fsp3) is 0.357. The maximum Gasteiger partial charge on any atom is 0.220 e. The number of para-hydroxylation sites is 1. The molecule has 106 valence electrons. The summed E-state index contributed by atoms with van der Waals surface area (Å²) in [6.45, 7) is 0.643. The van der Waals surface area contributed by atoms with E-state index in [-0.39, 0.29) is 5.91 Å². The zero-order chi connectivity index (χ0) is 14.2. The molecule has 6 nitrogen and oxygen atoms in total. The third-order valence-electron chi connectivity index (χ3n) is 3.05. The Morgan fingerprint density at radius 2 is 2.15 bits per heavy atom. The van der Waals surface area contributed by atoms with E-state index in [1.807, 2.05) is 24.3 Å². The summed E-state index contributed by atoms with van der Waals surface area (Å²) in [5.41, 5.74) is 7.59. The lowest BCUT2D eigenvalue weighted by Gasteiger charge is -2.06. The van der Waals surface area contributed by atoms with Gasteiger partial charge in [-0.3, -0.25) is 9.89 Å². The van der Waals surface area contributed by atoms with Crippen LogP contribution in [0.1, 0.15) is 24.2 Å². The van der Waals surface area contributed by atoms with Crippen molar-refractivity contribution in [2.75, 3.05) is 12.3 Å². The van der Waals surface area contributed by atoms with Gasteiger partial charge in [0.15, 0.2) is 0 Å². The molecule has 1 heterocycles. The van der Waals surface area contributed by atoms with Crippen LogP contribution in [0, 0.1) is 0 Å². The summed E-state index contributed by atoms with van der Waals surface area (Å²) < 4.78 is 0. The van der Waals surface area contributed by atoms with Crippen molar-refractivity contribution in [3.63, 3.8) is 0 Å². The molecule has 0 saturated heterocycles. The van der Waals surface area contributed by atoms with E-state index in [1.165, 1.54) is 6.33 Å². The highest BCUT2D eigenvalue weighted by Crippen LogP contribution is 2.12. The van der Waals surface area contributed by atoms with Crippen LogP contribution in [0.3, 0.4) is 0 Å². The smallest absolute Gasteiger partial charge is 0.220 e. The minimum Gasteiger partial charge on any atom is -0.399 e. The number of carbonyl (C=O) groups is 1. The highest BCUT2D eigenvalue weighted by atomic mass is 16.1. The van der Waals surface area contributed by atoms with Gasteiger partial charge in [-0.2, -0.15) is 5.10 Å². The second-order valence-corrected chi connectivity index (χ2v) is 4.58. The monoisotopic (exact) mass is 273 g/mol. The summed E-state index contributed by atoms with van der Waals surface area (Å²) in [4.78, 5) is 15.7.